The first-order valence-electron chi connectivity index (χ1n) is 5.47. The Hall–Kier alpha value is -2.25. The minimum atomic E-state index is -4.69. The van der Waals surface area contributed by atoms with Gasteiger partial charge in [-0.3, -0.25) is 0 Å². The van der Waals surface area contributed by atoms with Gasteiger partial charge in [-0.05, 0) is 24.3 Å². The number of anilines is 1. The lowest BCUT2D eigenvalue weighted by Crippen LogP contribution is -2.35. The molecule has 1 rings (SSSR count). The number of benzene rings is 1. The molecule has 1 aromatic rings. The van der Waals surface area contributed by atoms with Crippen LogP contribution in [0.4, 0.5) is 28.0 Å². The number of nitrogens with zero attached hydrogens (tertiary/aromatic N) is 1. The number of carbonyl (C=O) groups excluding carboxylic acids is 1. The Morgan fingerprint density at radius 2 is 1.75 bits per heavy atom. The molecule has 0 saturated carbocycles. The number of nitrogens with one attached hydrogen (secondary N) is 2. The first-order chi connectivity index (χ1) is 9.18. The van der Waals surface area contributed by atoms with Crippen LogP contribution in [0.15, 0.2) is 36.2 Å². The summed E-state index contributed by atoms with van der Waals surface area (Å²) in [7, 11) is 2.79. The number of hydrogen-bond acceptors (Lipinski definition) is 2. The molecule has 0 unspecified atom stereocenters. The van der Waals surface area contributed by atoms with Crippen molar-refractivity contribution >= 4 is 11.7 Å². The van der Waals surface area contributed by atoms with Gasteiger partial charge in [0.15, 0.2) is 0 Å². The number of amides is 2. The van der Waals surface area contributed by atoms with Crippen LogP contribution in [-0.4, -0.2) is 31.2 Å². The molecule has 0 spiro atoms. The van der Waals surface area contributed by atoms with E-state index in [0.717, 1.165) is 23.2 Å². The number of carbonyl (C=O) groups is 1. The van der Waals surface area contributed by atoms with Gasteiger partial charge in [0, 0.05) is 26.0 Å². The predicted molar refractivity (Wildman–Crippen MR) is 66.4 cm³/mol. The van der Waals surface area contributed by atoms with Crippen LogP contribution in [-0.2, 0) is 0 Å². The molecule has 0 aliphatic rings. The summed E-state index contributed by atoms with van der Waals surface area (Å²) >= 11 is 0. The maximum atomic E-state index is 12.6. The van der Waals surface area contributed by atoms with E-state index in [2.05, 4.69) is 5.32 Å². The second kappa shape index (κ2) is 6.27. The third-order valence-corrected chi connectivity index (χ3v) is 2.04. The molecule has 2 amide bonds. The Morgan fingerprint density at radius 1 is 1.20 bits per heavy atom. The van der Waals surface area contributed by atoms with E-state index in [1.165, 1.54) is 26.2 Å². The maximum absolute atomic E-state index is 12.6. The summed E-state index contributed by atoms with van der Waals surface area (Å²) < 4.78 is 50.6. The molecule has 4 nitrogen and oxygen atoms in total. The lowest BCUT2D eigenvalue weighted by molar-refractivity contribution is -0.0963. The van der Waals surface area contributed by atoms with Crippen LogP contribution >= 0.6 is 0 Å². The SMILES string of the molecule is CN(C)C=C(NC(=O)Nc1ccc(F)cc1)C(F)(F)F. The third-order valence-electron chi connectivity index (χ3n) is 2.04. The predicted octanol–water partition coefficient (Wildman–Crippen LogP) is 2.91. The lowest BCUT2D eigenvalue weighted by atomic mass is 10.3. The summed E-state index contributed by atoms with van der Waals surface area (Å²) in [5, 5.41) is 3.87. The van der Waals surface area contributed by atoms with E-state index >= 15 is 0 Å². The molecule has 0 radical (unpaired) electrons. The van der Waals surface area contributed by atoms with Crippen LogP contribution in [0.1, 0.15) is 0 Å². The van der Waals surface area contributed by atoms with Gasteiger partial charge in [-0.15, -0.1) is 0 Å². The standard InChI is InChI=1S/C12H13F4N3O/c1-19(2)7-10(12(14,15)16)18-11(20)17-9-5-3-8(13)4-6-9/h3-7H,1-2H3,(H2,17,18,20). The molecule has 8 heteroatoms. The summed E-state index contributed by atoms with van der Waals surface area (Å²) in [5.74, 6) is -0.514. The van der Waals surface area contributed by atoms with Crippen molar-refractivity contribution in [1.82, 2.24) is 10.2 Å². The highest BCUT2D eigenvalue weighted by Crippen LogP contribution is 2.23. The minimum absolute atomic E-state index is 0.176. The quantitative estimate of drug-likeness (QED) is 0.841. The second-order valence-electron chi connectivity index (χ2n) is 4.09. The Bertz CT molecular complexity index is 494. The van der Waals surface area contributed by atoms with Crippen molar-refractivity contribution in [1.29, 1.82) is 0 Å². The van der Waals surface area contributed by atoms with E-state index < -0.39 is 23.7 Å². The third kappa shape index (κ3) is 5.17. The van der Waals surface area contributed by atoms with E-state index in [1.807, 2.05) is 0 Å². The van der Waals surface area contributed by atoms with Gasteiger partial charge in [-0.25, -0.2) is 9.18 Å². The average molecular weight is 291 g/mol. The van der Waals surface area contributed by atoms with E-state index in [4.69, 9.17) is 0 Å². The van der Waals surface area contributed by atoms with Crippen molar-refractivity contribution in [3.63, 3.8) is 0 Å². The Balaban J connectivity index is 2.74. The van der Waals surface area contributed by atoms with Gasteiger partial charge in [-0.2, -0.15) is 13.2 Å². The largest absolute Gasteiger partial charge is 0.432 e. The summed E-state index contributed by atoms with van der Waals surface area (Å²) in [6, 6.07) is 3.56. The molecule has 0 aliphatic heterocycles. The van der Waals surface area contributed by atoms with Crippen molar-refractivity contribution in [2.24, 2.45) is 0 Å². The van der Waals surface area contributed by atoms with Gasteiger partial charge >= 0.3 is 12.2 Å². The molecule has 110 valence electrons. The monoisotopic (exact) mass is 291 g/mol. The molecular weight excluding hydrogens is 278 g/mol. The Labute approximate surface area is 113 Å². The van der Waals surface area contributed by atoms with Crippen molar-refractivity contribution in [2.75, 3.05) is 19.4 Å². The molecule has 0 atom stereocenters. The fraction of sp³-hybridized carbons (Fsp3) is 0.250. The molecule has 0 saturated heterocycles. The molecule has 20 heavy (non-hydrogen) atoms. The molecule has 0 aliphatic carbocycles. The number of halogens is 4. The highest BCUT2D eigenvalue weighted by molar-refractivity contribution is 5.90. The minimum Gasteiger partial charge on any atom is -0.382 e. The number of urea groups is 1. The molecule has 0 heterocycles. The fourth-order valence-electron chi connectivity index (χ4n) is 1.25. The van der Waals surface area contributed by atoms with Gasteiger partial charge in [0.05, 0.1) is 0 Å². The van der Waals surface area contributed by atoms with Crippen molar-refractivity contribution in [3.05, 3.63) is 42.0 Å². The van der Waals surface area contributed by atoms with Crippen LogP contribution in [0.3, 0.4) is 0 Å². The second-order valence-corrected chi connectivity index (χ2v) is 4.09. The topological polar surface area (TPSA) is 44.4 Å². The summed E-state index contributed by atoms with van der Waals surface area (Å²) in [6.07, 6.45) is -3.95. The van der Waals surface area contributed by atoms with Crippen LogP contribution in [0.25, 0.3) is 0 Å². The lowest BCUT2D eigenvalue weighted by Gasteiger charge is -2.16. The first-order valence-corrected chi connectivity index (χ1v) is 5.47. The molecule has 0 fully saturated rings. The number of rotatable bonds is 3. The normalized spacial score (nSPS) is 12.0. The maximum Gasteiger partial charge on any atom is 0.432 e. The summed E-state index contributed by atoms with van der Waals surface area (Å²) in [6.45, 7) is 0. The zero-order valence-corrected chi connectivity index (χ0v) is 10.8. The Morgan fingerprint density at radius 3 is 2.20 bits per heavy atom. The van der Waals surface area contributed by atoms with Crippen LogP contribution in [0.2, 0.25) is 0 Å². The van der Waals surface area contributed by atoms with E-state index in [1.54, 1.807) is 5.32 Å². The van der Waals surface area contributed by atoms with Crippen LogP contribution in [0.5, 0.6) is 0 Å². The number of alkyl halides is 3. The highest BCUT2D eigenvalue weighted by atomic mass is 19.4. The van der Waals surface area contributed by atoms with E-state index in [9.17, 15) is 22.4 Å². The number of hydrogen-bond donors (Lipinski definition) is 2. The van der Waals surface area contributed by atoms with E-state index in [0.29, 0.717) is 0 Å². The molecule has 1 aromatic carbocycles. The average Bonchev–Trinajstić information content (AvgIpc) is 2.29. The molecular formula is C12H13F4N3O. The molecule has 0 bridgehead atoms. The smallest absolute Gasteiger partial charge is 0.382 e. The van der Waals surface area contributed by atoms with Gasteiger partial charge in [0.25, 0.3) is 0 Å². The first kappa shape index (κ1) is 15.8. The van der Waals surface area contributed by atoms with Crippen LogP contribution < -0.4 is 10.6 Å². The van der Waals surface area contributed by atoms with Crippen molar-refractivity contribution < 1.29 is 22.4 Å². The summed E-state index contributed by atoms with van der Waals surface area (Å²) in [4.78, 5) is 12.6. The van der Waals surface area contributed by atoms with Crippen LogP contribution in [0, 0.1) is 5.82 Å². The Kier molecular flexibility index (Phi) is 4.95. The molecule has 2 N–H and O–H groups in total. The van der Waals surface area contributed by atoms with Crippen molar-refractivity contribution in [2.45, 2.75) is 6.18 Å². The highest BCUT2D eigenvalue weighted by Gasteiger charge is 2.35. The van der Waals surface area contributed by atoms with Gasteiger partial charge in [-0.1, -0.05) is 0 Å². The summed E-state index contributed by atoms with van der Waals surface area (Å²) in [5.41, 5.74) is -1.03. The zero-order chi connectivity index (χ0) is 15.3. The van der Waals surface area contributed by atoms with E-state index in [-0.39, 0.29) is 5.69 Å². The molecule has 0 aromatic heterocycles. The van der Waals surface area contributed by atoms with Gasteiger partial charge < -0.3 is 15.5 Å². The number of allylic oxidation sites excluding steroid dienone is 1. The fourth-order valence-corrected chi connectivity index (χ4v) is 1.25. The zero-order valence-electron chi connectivity index (χ0n) is 10.8. The van der Waals surface area contributed by atoms with Gasteiger partial charge in [0.2, 0.25) is 0 Å². The van der Waals surface area contributed by atoms with Crippen molar-refractivity contribution in [3.8, 4) is 0 Å². The van der Waals surface area contributed by atoms with Gasteiger partial charge in [0.1, 0.15) is 11.5 Å².